The number of rotatable bonds is 5. The molecule has 0 saturated heterocycles. The Morgan fingerprint density at radius 2 is 2.08 bits per heavy atom. The van der Waals surface area contributed by atoms with Gasteiger partial charge >= 0.3 is 0 Å². The van der Waals surface area contributed by atoms with E-state index in [1.807, 2.05) is 42.5 Å². The average Bonchev–Trinajstić information content (AvgIpc) is 3.10. The average molecular weight is 365 g/mol. The van der Waals surface area contributed by atoms with Crippen molar-refractivity contribution in [1.29, 1.82) is 0 Å². The molecule has 6 nitrogen and oxygen atoms in total. The first kappa shape index (κ1) is 16.4. The van der Waals surface area contributed by atoms with E-state index in [1.165, 1.54) is 11.8 Å². The number of nitrogens with zero attached hydrogens (tertiary/aromatic N) is 2. The number of aromatic nitrogens is 2. The molecule has 0 spiro atoms. The Bertz CT molecular complexity index is 1060. The first-order chi connectivity index (χ1) is 12.7. The van der Waals surface area contributed by atoms with Crippen LogP contribution in [0.2, 0.25) is 0 Å². The third-order valence-corrected chi connectivity index (χ3v) is 4.66. The van der Waals surface area contributed by atoms with E-state index in [0.29, 0.717) is 27.8 Å². The molecule has 4 aromatic rings. The minimum Gasteiger partial charge on any atom is -0.494 e. The number of fused-ring (bicyclic) bond motifs is 2. The highest BCUT2D eigenvalue weighted by atomic mass is 32.2. The third-order valence-electron chi connectivity index (χ3n) is 3.83. The van der Waals surface area contributed by atoms with Gasteiger partial charge < -0.3 is 14.5 Å². The number of methoxy groups -OCH3 is 1. The summed E-state index contributed by atoms with van der Waals surface area (Å²) < 4.78 is 10.9. The third kappa shape index (κ3) is 3.21. The van der Waals surface area contributed by atoms with E-state index in [1.54, 1.807) is 19.4 Å². The number of nitrogens with one attached hydrogen (secondary N) is 1. The maximum absolute atomic E-state index is 12.3. The van der Waals surface area contributed by atoms with E-state index < -0.39 is 0 Å². The Kier molecular flexibility index (Phi) is 4.45. The number of anilines is 1. The number of benzene rings is 2. The Morgan fingerprint density at radius 1 is 1.19 bits per heavy atom. The number of hydrogen-bond acceptors (Lipinski definition) is 6. The molecule has 2 heterocycles. The van der Waals surface area contributed by atoms with Crippen molar-refractivity contribution in [2.45, 2.75) is 5.22 Å². The fourth-order valence-corrected chi connectivity index (χ4v) is 3.29. The van der Waals surface area contributed by atoms with Gasteiger partial charge in [-0.15, -0.1) is 0 Å². The van der Waals surface area contributed by atoms with Gasteiger partial charge in [-0.05, 0) is 36.4 Å². The Hall–Kier alpha value is -3.06. The largest absolute Gasteiger partial charge is 0.494 e. The lowest BCUT2D eigenvalue weighted by Crippen LogP contribution is -2.14. The van der Waals surface area contributed by atoms with Crippen molar-refractivity contribution < 1.29 is 13.9 Å². The summed E-state index contributed by atoms with van der Waals surface area (Å²) in [4.78, 5) is 21.0. The minimum atomic E-state index is -0.146. The molecule has 2 aromatic heterocycles. The van der Waals surface area contributed by atoms with E-state index in [9.17, 15) is 4.79 Å². The van der Waals surface area contributed by atoms with Gasteiger partial charge in [0.2, 0.25) is 5.91 Å². The highest BCUT2D eigenvalue weighted by Gasteiger charge is 2.12. The number of para-hydroxylation sites is 2. The van der Waals surface area contributed by atoms with Crippen LogP contribution in [0.4, 0.5) is 5.69 Å². The summed E-state index contributed by atoms with van der Waals surface area (Å²) in [5.41, 5.74) is 2.89. The lowest BCUT2D eigenvalue weighted by Gasteiger charge is -2.10. The predicted octanol–water partition coefficient (Wildman–Crippen LogP) is 4.12. The normalized spacial score (nSPS) is 11.0. The molecular formula is C19H15N3O3S. The van der Waals surface area contributed by atoms with E-state index in [2.05, 4.69) is 15.3 Å². The predicted molar refractivity (Wildman–Crippen MR) is 102 cm³/mol. The van der Waals surface area contributed by atoms with Crippen LogP contribution in [-0.2, 0) is 4.79 Å². The van der Waals surface area contributed by atoms with Crippen molar-refractivity contribution in [2.24, 2.45) is 0 Å². The molecule has 0 aliphatic carbocycles. The molecule has 0 aliphatic heterocycles. The Labute approximate surface area is 153 Å². The fraction of sp³-hybridized carbons (Fsp3) is 0.105. The summed E-state index contributed by atoms with van der Waals surface area (Å²) in [5, 5.41) is 4.22. The van der Waals surface area contributed by atoms with Crippen molar-refractivity contribution in [2.75, 3.05) is 18.2 Å². The second-order valence-corrected chi connectivity index (χ2v) is 6.43. The molecule has 1 amide bonds. The summed E-state index contributed by atoms with van der Waals surface area (Å²) in [7, 11) is 1.60. The van der Waals surface area contributed by atoms with Gasteiger partial charge in [-0.25, -0.2) is 4.98 Å². The molecule has 0 atom stereocenters. The summed E-state index contributed by atoms with van der Waals surface area (Å²) >= 11 is 1.26. The van der Waals surface area contributed by atoms with Gasteiger partial charge in [-0.1, -0.05) is 23.9 Å². The topological polar surface area (TPSA) is 77.2 Å². The molecule has 0 saturated carbocycles. The van der Waals surface area contributed by atoms with Crippen molar-refractivity contribution >= 4 is 45.4 Å². The molecular weight excluding hydrogens is 350 g/mol. The van der Waals surface area contributed by atoms with E-state index in [-0.39, 0.29) is 11.7 Å². The number of hydrogen-bond donors (Lipinski definition) is 1. The minimum absolute atomic E-state index is 0.146. The Balaban J connectivity index is 1.49. The van der Waals surface area contributed by atoms with E-state index in [0.717, 1.165) is 10.9 Å². The van der Waals surface area contributed by atoms with Crippen LogP contribution >= 0.6 is 11.8 Å². The SMILES string of the molecule is COc1ccc(NC(=O)CSc2nc3ccccc3o2)c2cccnc12. The lowest BCUT2D eigenvalue weighted by molar-refractivity contribution is -0.113. The monoisotopic (exact) mass is 365 g/mol. The molecule has 1 N–H and O–H groups in total. The van der Waals surface area contributed by atoms with Gasteiger partial charge in [0.15, 0.2) is 5.58 Å². The second kappa shape index (κ2) is 7.05. The molecule has 7 heteroatoms. The molecule has 0 aliphatic rings. The van der Waals surface area contributed by atoms with Crippen LogP contribution in [0.5, 0.6) is 5.75 Å². The van der Waals surface area contributed by atoms with Crippen LogP contribution in [-0.4, -0.2) is 28.7 Å². The summed E-state index contributed by atoms with van der Waals surface area (Å²) in [6, 6.07) is 14.8. The van der Waals surface area contributed by atoms with Crippen molar-refractivity contribution in [3.63, 3.8) is 0 Å². The summed E-state index contributed by atoms with van der Waals surface area (Å²) in [6.45, 7) is 0. The maximum atomic E-state index is 12.3. The number of oxazole rings is 1. The highest BCUT2D eigenvalue weighted by Crippen LogP contribution is 2.30. The van der Waals surface area contributed by atoms with Crippen molar-refractivity contribution in [3.05, 3.63) is 54.7 Å². The molecule has 0 radical (unpaired) electrons. The second-order valence-electron chi connectivity index (χ2n) is 5.50. The van der Waals surface area contributed by atoms with Gasteiger partial charge in [-0.2, -0.15) is 0 Å². The van der Waals surface area contributed by atoms with Crippen LogP contribution in [0, 0.1) is 0 Å². The van der Waals surface area contributed by atoms with Gasteiger partial charge in [0, 0.05) is 11.6 Å². The molecule has 0 unspecified atom stereocenters. The maximum Gasteiger partial charge on any atom is 0.257 e. The smallest absolute Gasteiger partial charge is 0.257 e. The lowest BCUT2D eigenvalue weighted by atomic mass is 10.1. The first-order valence-corrected chi connectivity index (χ1v) is 8.93. The first-order valence-electron chi connectivity index (χ1n) is 7.94. The number of pyridine rings is 1. The number of amides is 1. The van der Waals surface area contributed by atoms with Gasteiger partial charge in [0.1, 0.15) is 16.8 Å². The molecule has 0 bridgehead atoms. The van der Waals surface area contributed by atoms with Crippen molar-refractivity contribution in [1.82, 2.24) is 9.97 Å². The zero-order chi connectivity index (χ0) is 17.9. The fourth-order valence-electron chi connectivity index (χ4n) is 2.65. The van der Waals surface area contributed by atoms with Gasteiger partial charge in [-0.3, -0.25) is 9.78 Å². The van der Waals surface area contributed by atoms with Crippen LogP contribution in [0.15, 0.2) is 64.4 Å². The van der Waals surface area contributed by atoms with E-state index >= 15 is 0 Å². The standard InChI is InChI=1S/C19H15N3O3S/c1-24-16-9-8-13(12-5-4-10-20-18(12)16)21-17(23)11-26-19-22-14-6-2-3-7-15(14)25-19/h2-10H,11H2,1H3,(H,21,23). The van der Waals surface area contributed by atoms with Gasteiger partial charge in [0.05, 0.1) is 18.6 Å². The summed E-state index contributed by atoms with van der Waals surface area (Å²) in [6.07, 6.45) is 1.69. The summed E-state index contributed by atoms with van der Waals surface area (Å²) in [5.74, 6) is 0.715. The van der Waals surface area contributed by atoms with Crippen LogP contribution in [0.1, 0.15) is 0 Å². The van der Waals surface area contributed by atoms with Crippen molar-refractivity contribution in [3.8, 4) is 5.75 Å². The highest BCUT2D eigenvalue weighted by molar-refractivity contribution is 7.99. The molecule has 4 rings (SSSR count). The molecule has 0 fully saturated rings. The number of ether oxygens (including phenoxy) is 1. The van der Waals surface area contributed by atoms with E-state index in [4.69, 9.17) is 9.15 Å². The molecule has 130 valence electrons. The number of thioether (sulfide) groups is 1. The molecule has 2 aromatic carbocycles. The zero-order valence-corrected chi connectivity index (χ0v) is 14.7. The van der Waals surface area contributed by atoms with Crippen LogP contribution < -0.4 is 10.1 Å². The van der Waals surface area contributed by atoms with Gasteiger partial charge in [0.25, 0.3) is 5.22 Å². The quantitative estimate of drug-likeness (QED) is 0.536. The zero-order valence-electron chi connectivity index (χ0n) is 13.9. The van der Waals surface area contributed by atoms with Crippen LogP contribution in [0.25, 0.3) is 22.0 Å². The van der Waals surface area contributed by atoms with Crippen LogP contribution in [0.3, 0.4) is 0 Å². The number of carbonyl (C=O) groups is 1. The number of carbonyl (C=O) groups excluding carboxylic acids is 1. The Morgan fingerprint density at radius 3 is 2.92 bits per heavy atom. The molecule has 26 heavy (non-hydrogen) atoms.